The number of carbonyl (C=O) groups is 2. The van der Waals surface area contributed by atoms with Crippen LogP contribution < -0.4 is 10.2 Å². The summed E-state index contributed by atoms with van der Waals surface area (Å²) in [5, 5.41) is 5.94. The molecule has 1 amide bonds. The molecule has 4 rings (SSSR count). The maximum Gasteiger partial charge on any atom is 0.343 e. The molecular weight excluding hydrogens is 388 g/mol. The van der Waals surface area contributed by atoms with Crippen molar-refractivity contribution in [3.05, 3.63) is 113 Å². The number of aryl methyl sites for hydroxylation is 1. The van der Waals surface area contributed by atoms with Crippen molar-refractivity contribution in [1.82, 2.24) is 5.43 Å². The van der Waals surface area contributed by atoms with Gasteiger partial charge < -0.3 is 4.74 Å². The number of nitrogens with zero attached hydrogens (tertiary/aromatic N) is 1. The molecule has 0 heterocycles. The number of amides is 1. The third kappa shape index (κ3) is 4.67. The average molecular weight is 408 g/mol. The van der Waals surface area contributed by atoms with Gasteiger partial charge in [0, 0.05) is 11.1 Å². The Morgan fingerprint density at radius 3 is 2.39 bits per heavy atom. The summed E-state index contributed by atoms with van der Waals surface area (Å²) >= 11 is 0. The zero-order chi connectivity index (χ0) is 21.6. The van der Waals surface area contributed by atoms with Gasteiger partial charge in [0.25, 0.3) is 5.91 Å². The van der Waals surface area contributed by atoms with E-state index in [9.17, 15) is 9.59 Å². The third-order valence-corrected chi connectivity index (χ3v) is 4.78. The predicted molar refractivity (Wildman–Crippen MR) is 122 cm³/mol. The normalized spacial score (nSPS) is 10.9. The minimum Gasteiger partial charge on any atom is -0.422 e. The molecule has 0 aliphatic rings. The highest BCUT2D eigenvalue weighted by Crippen LogP contribution is 2.27. The van der Waals surface area contributed by atoms with Crippen LogP contribution in [0.2, 0.25) is 0 Å². The van der Waals surface area contributed by atoms with Crippen LogP contribution in [0.5, 0.6) is 5.75 Å². The fourth-order valence-electron chi connectivity index (χ4n) is 3.24. The topological polar surface area (TPSA) is 67.8 Å². The smallest absolute Gasteiger partial charge is 0.343 e. The van der Waals surface area contributed by atoms with E-state index in [1.165, 1.54) is 6.21 Å². The zero-order valence-electron chi connectivity index (χ0n) is 16.9. The molecule has 1 N–H and O–H groups in total. The van der Waals surface area contributed by atoms with E-state index in [1.807, 2.05) is 55.5 Å². The molecule has 0 saturated heterocycles. The van der Waals surface area contributed by atoms with E-state index < -0.39 is 5.97 Å². The average Bonchev–Trinajstić information content (AvgIpc) is 2.80. The molecule has 0 aliphatic carbocycles. The van der Waals surface area contributed by atoms with Gasteiger partial charge in [-0.25, -0.2) is 10.2 Å². The summed E-state index contributed by atoms with van der Waals surface area (Å²) in [5.41, 5.74) is 5.10. The molecular formula is C26H20N2O3. The van der Waals surface area contributed by atoms with Crippen LogP contribution in [0.25, 0.3) is 10.8 Å². The van der Waals surface area contributed by atoms with E-state index in [2.05, 4.69) is 10.5 Å². The predicted octanol–water partition coefficient (Wildman–Crippen LogP) is 5.13. The van der Waals surface area contributed by atoms with Crippen LogP contribution in [0.3, 0.4) is 0 Å². The second kappa shape index (κ2) is 9.05. The van der Waals surface area contributed by atoms with E-state index >= 15 is 0 Å². The van der Waals surface area contributed by atoms with Gasteiger partial charge in [-0.05, 0) is 48.0 Å². The van der Waals surface area contributed by atoms with E-state index in [0.717, 1.165) is 16.3 Å². The number of hydrogen-bond donors (Lipinski definition) is 1. The van der Waals surface area contributed by atoms with Crippen LogP contribution in [0.15, 0.2) is 96.1 Å². The summed E-state index contributed by atoms with van der Waals surface area (Å²) in [6.07, 6.45) is 1.50. The molecule has 4 aromatic carbocycles. The number of rotatable bonds is 5. The first-order valence-electron chi connectivity index (χ1n) is 9.81. The summed E-state index contributed by atoms with van der Waals surface area (Å²) in [7, 11) is 0. The highest BCUT2D eigenvalue weighted by molar-refractivity contribution is 6.04. The molecule has 0 radical (unpaired) electrons. The van der Waals surface area contributed by atoms with Gasteiger partial charge in [-0.15, -0.1) is 0 Å². The van der Waals surface area contributed by atoms with E-state index in [0.29, 0.717) is 22.4 Å². The van der Waals surface area contributed by atoms with Crippen molar-refractivity contribution >= 4 is 28.9 Å². The first-order valence-corrected chi connectivity index (χ1v) is 9.81. The van der Waals surface area contributed by atoms with Crippen molar-refractivity contribution < 1.29 is 14.3 Å². The molecule has 0 saturated carbocycles. The van der Waals surface area contributed by atoms with Crippen molar-refractivity contribution in [3.8, 4) is 5.75 Å². The maximum absolute atomic E-state index is 12.6. The Morgan fingerprint density at radius 2 is 1.58 bits per heavy atom. The third-order valence-electron chi connectivity index (χ3n) is 4.78. The van der Waals surface area contributed by atoms with Gasteiger partial charge in [-0.2, -0.15) is 5.10 Å². The number of carbonyl (C=O) groups excluding carboxylic acids is 2. The Hall–Kier alpha value is -4.25. The van der Waals surface area contributed by atoms with Gasteiger partial charge >= 0.3 is 5.97 Å². The Balaban J connectivity index is 1.63. The van der Waals surface area contributed by atoms with Crippen molar-refractivity contribution in [1.29, 1.82) is 0 Å². The second-order valence-corrected chi connectivity index (χ2v) is 7.02. The largest absolute Gasteiger partial charge is 0.422 e. The molecule has 31 heavy (non-hydrogen) atoms. The van der Waals surface area contributed by atoms with Gasteiger partial charge in [0.2, 0.25) is 0 Å². The molecule has 0 aromatic heterocycles. The molecule has 5 nitrogen and oxygen atoms in total. The van der Waals surface area contributed by atoms with Gasteiger partial charge in [-0.3, -0.25) is 4.79 Å². The minimum absolute atomic E-state index is 0.317. The van der Waals surface area contributed by atoms with E-state index in [4.69, 9.17) is 4.74 Å². The number of benzene rings is 4. The Kier molecular flexibility index (Phi) is 5.85. The highest BCUT2D eigenvalue weighted by atomic mass is 16.5. The first-order chi connectivity index (χ1) is 15.1. The monoisotopic (exact) mass is 408 g/mol. The minimum atomic E-state index is -0.464. The number of fused-ring (bicyclic) bond motifs is 1. The molecule has 0 unspecified atom stereocenters. The van der Waals surface area contributed by atoms with E-state index in [-0.39, 0.29) is 5.91 Å². The summed E-state index contributed by atoms with van der Waals surface area (Å²) in [6.45, 7) is 1.92. The van der Waals surface area contributed by atoms with Crippen LogP contribution in [0.4, 0.5) is 0 Å². The number of hydrogen-bond acceptors (Lipinski definition) is 4. The van der Waals surface area contributed by atoms with Crippen LogP contribution in [0.1, 0.15) is 31.8 Å². The lowest BCUT2D eigenvalue weighted by Gasteiger charge is -2.10. The van der Waals surface area contributed by atoms with Crippen LogP contribution >= 0.6 is 0 Å². The summed E-state index contributed by atoms with van der Waals surface area (Å²) in [6, 6.07) is 27.3. The maximum atomic E-state index is 12.6. The van der Waals surface area contributed by atoms with Crippen LogP contribution in [-0.4, -0.2) is 18.1 Å². The zero-order valence-corrected chi connectivity index (χ0v) is 16.9. The molecule has 5 heteroatoms. The first kappa shape index (κ1) is 20.0. The molecule has 0 bridgehead atoms. The van der Waals surface area contributed by atoms with Crippen molar-refractivity contribution in [2.45, 2.75) is 6.92 Å². The number of hydrazone groups is 1. The van der Waals surface area contributed by atoms with Gasteiger partial charge in [0.05, 0.1) is 11.8 Å². The summed E-state index contributed by atoms with van der Waals surface area (Å²) < 4.78 is 5.65. The number of esters is 1. The highest BCUT2D eigenvalue weighted by Gasteiger charge is 2.13. The van der Waals surface area contributed by atoms with Crippen molar-refractivity contribution in [3.63, 3.8) is 0 Å². The van der Waals surface area contributed by atoms with E-state index in [1.54, 1.807) is 42.5 Å². The van der Waals surface area contributed by atoms with Gasteiger partial charge in [0.1, 0.15) is 5.75 Å². The van der Waals surface area contributed by atoms with Crippen LogP contribution in [-0.2, 0) is 0 Å². The number of ether oxygens (including phenoxy) is 1. The fourth-order valence-corrected chi connectivity index (χ4v) is 3.24. The van der Waals surface area contributed by atoms with Gasteiger partial charge in [0.15, 0.2) is 0 Å². The lowest BCUT2D eigenvalue weighted by molar-refractivity contribution is 0.0734. The Labute approximate surface area is 180 Å². The quantitative estimate of drug-likeness (QED) is 0.215. The lowest BCUT2D eigenvalue weighted by Crippen LogP contribution is -2.17. The van der Waals surface area contributed by atoms with Crippen molar-refractivity contribution in [2.24, 2.45) is 5.10 Å². The summed E-state index contributed by atoms with van der Waals surface area (Å²) in [4.78, 5) is 25.0. The molecule has 0 fully saturated rings. The molecule has 0 aliphatic heterocycles. The Morgan fingerprint density at radius 1 is 0.839 bits per heavy atom. The molecule has 0 spiro atoms. The lowest BCUT2D eigenvalue weighted by atomic mass is 10.0. The van der Waals surface area contributed by atoms with Crippen molar-refractivity contribution in [2.75, 3.05) is 0 Å². The van der Waals surface area contributed by atoms with Gasteiger partial charge in [-0.1, -0.05) is 66.2 Å². The molecule has 152 valence electrons. The molecule has 0 atom stereocenters. The SMILES string of the molecule is Cc1cccc(C(=O)NN=Cc2c(OC(=O)c3ccccc3)ccc3ccccc23)c1. The summed E-state index contributed by atoms with van der Waals surface area (Å²) in [5.74, 6) is -0.418. The fraction of sp³-hybridized carbons (Fsp3) is 0.0385. The Bertz CT molecular complexity index is 1280. The second-order valence-electron chi connectivity index (χ2n) is 7.02. The standard InChI is InChI=1S/C26H20N2O3/c1-18-8-7-12-21(16-18)25(29)28-27-17-23-22-13-6-5-9-19(22)14-15-24(23)31-26(30)20-10-3-2-4-11-20/h2-17H,1H3,(H,28,29). The number of nitrogens with one attached hydrogen (secondary N) is 1. The van der Waals surface area contributed by atoms with Crippen LogP contribution in [0, 0.1) is 6.92 Å². The molecule has 4 aromatic rings.